The van der Waals surface area contributed by atoms with Crippen molar-refractivity contribution in [1.82, 2.24) is 0 Å². The Hall–Kier alpha value is -9.56. The molecular formula is C73H80Cl2F2NO35S7-7. The number of anilines is 1. The molecule has 36 nitrogen and oxygen atoms in total. The standard InChI is InChI=1S/C11H15NO5S.2C11H14O5S.2C10H11ClO5S.2C10H11FO5S/c1-7-5-8(2)10(12)9(6-7)11(13)17-3-4-18(14,15)16;1-8-5-9(2)7-10(6-8)11(12)16-3-4-17(13,14)15;1-8-3-4-9(2)10(7-8)11(12)16-5-6-17(13,14)15;1-7-2-3-9(11)8(6-7)10(12)16-4-5-17(13,14)15;1-7-2-3-8(9(11)6-7)10(12)16-4-5-17(13,14)15;1-7-2-3-9(11)8(6-7)10(12)16-4-5-17(13,14)15;1-7-3-2-4-8(11)9(7)10(12)16-5-6-17(13,14)15/h5-6H,3-4,12H2,1-2H3,(H,14,15,16);5-7H,3-4H2,1-2H3,(H,13,14,15);3-4,7H,5-6H2,1-2H3,(H,13,14,15);3*2-3,6H,4-5H2,1H3,(H,13,14,15);2-4H,5-6H2,1H3,(H,13,14,15)/p-7. The Morgan fingerprint density at radius 2 is 0.600 bits per heavy atom. The molecule has 0 amide bonds. The first kappa shape index (κ1) is 108. The Kier molecular flexibility index (Phi) is 45.2. The van der Waals surface area contributed by atoms with Crippen LogP contribution in [-0.2, 0) is 104 Å². The van der Waals surface area contributed by atoms with Crippen LogP contribution in [0.25, 0.3) is 0 Å². The molecule has 0 saturated carbocycles. The van der Waals surface area contributed by atoms with Crippen LogP contribution in [0.2, 0.25) is 10.0 Å². The summed E-state index contributed by atoms with van der Waals surface area (Å²) in [4.78, 5) is 80.5. The van der Waals surface area contributed by atoms with Crippen molar-refractivity contribution in [3.63, 3.8) is 0 Å². The van der Waals surface area contributed by atoms with E-state index in [1.165, 1.54) is 49.4 Å². The highest BCUT2D eigenvalue weighted by Crippen LogP contribution is 2.23. The fourth-order valence-corrected chi connectivity index (χ4v) is 11.2. The minimum atomic E-state index is -4.44. The number of carbonyl (C=O) groups is 7. The molecule has 0 heterocycles. The third-order valence-electron chi connectivity index (χ3n) is 14.2. The van der Waals surface area contributed by atoms with E-state index in [1.807, 2.05) is 45.9 Å². The molecule has 0 atom stereocenters. The molecule has 664 valence electrons. The zero-order chi connectivity index (χ0) is 92.2. The van der Waals surface area contributed by atoms with Crippen molar-refractivity contribution in [3.8, 4) is 0 Å². The van der Waals surface area contributed by atoms with Gasteiger partial charge >= 0.3 is 41.8 Å². The lowest BCUT2D eigenvalue weighted by molar-refractivity contribution is 0.0511. The molecule has 0 aliphatic carbocycles. The van der Waals surface area contributed by atoms with Crippen molar-refractivity contribution in [2.24, 2.45) is 0 Å². The highest BCUT2D eigenvalue weighted by Gasteiger charge is 2.20. The maximum Gasteiger partial charge on any atom is 0.341 e. The van der Waals surface area contributed by atoms with Gasteiger partial charge in [0.2, 0.25) is 0 Å². The first-order valence-electron chi connectivity index (χ1n) is 33.8. The Balaban J connectivity index is 0.000000700. The molecule has 0 radical (unpaired) electrons. The Labute approximate surface area is 702 Å². The molecule has 0 fully saturated rings. The molecular weight excluding hydrogens is 1780 g/mol. The molecule has 0 saturated heterocycles. The Bertz CT molecular complexity index is 5370. The van der Waals surface area contributed by atoms with Gasteiger partial charge in [0.15, 0.2) is 0 Å². The predicted molar refractivity (Wildman–Crippen MR) is 421 cm³/mol. The summed E-state index contributed by atoms with van der Waals surface area (Å²) in [5.74, 6) is -12.3. The summed E-state index contributed by atoms with van der Waals surface area (Å²) in [5, 5.41) is 0.436. The second-order valence-corrected chi connectivity index (χ2v) is 36.4. The molecule has 0 unspecified atom stereocenters. The molecule has 0 aliphatic heterocycles. The average molecular weight is 1860 g/mol. The summed E-state index contributed by atoms with van der Waals surface area (Å²) in [7, 11) is -30.7. The summed E-state index contributed by atoms with van der Waals surface area (Å²) in [6.45, 7) is 14.1. The summed E-state index contributed by atoms with van der Waals surface area (Å²) in [6, 6.07) is 31.3. The van der Waals surface area contributed by atoms with Crippen LogP contribution in [0, 0.1) is 80.9 Å². The smallest absolute Gasteiger partial charge is 0.341 e. The van der Waals surface area contributed by atoms with Crippen molar-refractivity contribution in [3.05, 3.63) is 238 Å². The van der Waals surface area contributed by atoms with E-state index in [0.717, 1.165) is 56.6 Å². The van der Waals surface area contributed by atoms with E-state index in [4.69, 9.17) is 43.1 Å². The monoisotopic (exact) mass is 1860 g/mol. The lowest BCUT2D eigenvalue weighted by Crippen LogP contribution is -2.16. The van der Waals surface area contributed by atoms with Gasteiger partial charge in [0.1, 0.15) is 57.9 Å². The second-order valence-electron chi connectivity index (χ2n) is 24.9. The van der Waals surface area contributed by atoms with Gasteiger partial charge in [-0.2, -0.15) is 0 Å². The summed E-state index contributed by atoms with van der Waals surface area (Å²) >= 11 is 11.6. The molecule has 0 spiro atoms. The van der Waals surface area contributed by atoms with Gasteiger partial charge in [0.25, 0.3) is 0 Å². The topological polar surface area (TPSA) is 611 Å². The zero-order valence-electron chi connectivity index (χ0n) is 65.2. The van der Waals surface area contributed by atoms with Crippen LogP contribution in [0.4, 0.5) is 14.5 Å². The van der Waals surface area contributed by atoms with Crippen molar-refractivity contribution in [2.45, 2.75) is 69.2 Å². The fourth-order valence-electron chi connectivity index (χ4n) is 8.66. The molecule has 7 rings (SSSR count). The van der Waals surface area contributed by atoms with Gasteiger partial charge in [-0.05, 0) is 164 Å². The van der Waals surface area contributed by atoms with E-state index in [2.05, 4.69) is 18.9 Å². The van der Waals surface area contributed by atoms with Crippen molar-refractivity contribution in [2.75, 3.05) is 92.3 Å². The van der Waals surface area contributed by atoms with E-state index < -0.39 is 211 Å². The molecule has 120 heavy (non-hydrogen) atoms. The molecule has 2 N–H and O–H groups in total. The van der Waals surface area contributed by atoms with E-state index in [0.29, 0.717) is 22.3 Å². The van der Waals surface area contributed by atoms with E-state index >= 15 is 0 Å². The molecule has 47 heteroatoms. The van der Waals surface area contributed by atoms with Crippen LogP contribution in [-0.4, -0.2) is 219 Å². The lowest BCUT2D eigenvalue weighted by Gasteiger charge is -2.11. The number of carbonyl (C=O) groups excluding carboxylic acids is 7. The number of hydrogen-bond donors (Lipinski definition) is 1. The number of rotatable bonds is 28. The predicted octanol–water partition coefficient (Wildman–Crippen LogP) is 6.97. The van der Waals surface area contributed by atoms with E-state index in [1.54, 1.807) is 83.1 Å². The molecule has 7 aromatic carbocycles. The number of nitrogen functional groups attached to an aromatic ring is 1. The van der Waals surface area contributed by atoms with Gasteiger partial charge in [0, 0.05) is 5.69 Å². The van der Waals surface area contributed by atoms with Crippen molar-refractivity contribution in [1.29, 1.82) is 0 Å². The normalized spacial score (nSPS) is 11.2. The third kappa shape index (κ3) is 48.0. The first-order valence-corrected chi connectivity index (χ1v) is 45.6. The number of nitrogens with two attached hydrogens (primary N) is 1. The molecule has 7 aromatic rings. The second kappa shape index (κ2) is 50.0. The lowest BCUT2D eigenvalue weighted by atomic mass is 10.0. The Morgan fingerprint density at radius 1 is 0.292 bits per heavy atom. The van der Waals surface area contributed by atoms with Gasteiger partial charge in [-0.1, -0.05) is 106 Å². The number of esters is 7. The number of aryl methyl sites for hydroxylation is 10. The minimum Gasteiger partial charge on any atom is -0.748 e. The first-order chi connectivity index (χ1) is 55.0. The largest absolute Gasteiger partial charge is 0.748 e. The van der Waals surface area contributed by atoms with Gasteiger partial charge < -0.3 is 70.8 Å². The highest BCUT2D eigenvalue weighted by molar-refractivity contribution is 7.87. The van der Waals surface area contributed by atoms with Crippen LogP contribution < -0.4 is 5.73 Å². The van der Waals surface area contributed by atoms with Crippen LogP contribution >= 0.6 is 23.2 Å². The number of hydrogen-bond acceptors (Lipinski definition) is 36. The highest BCUT2D eigenvalue weighted by atomic mass is 35.5. The quantitative estimate of drug-likeness (QED) is 0.0224. The van der Waals surface area contributed by atoms with Crippen molar-refractivity contribution < 1.29 is 166 Å². The Morgan fingerprint density at radius 3 is 1.00 bits per heavy atom. The summed E-state index contributed by atoms with van der Waals surface area (Å²) < 4.78 is 275. The van der Waals surface area contributed by atoms with E-state index in [9.17, 15) is 133 Å². The van der Waals surface area contributed by atoms with Crippen LogP contribution in [0.5, 0.6) is 0 Å². The maximum atomic E-state index is 13.3. The van der Waals surface area contributed by atoms with Crippen LogP contribution in [0.15, 0.2) is 121 Å². The van der Waals surface area contributed by atoms with Crippen molar-refractivity contribution >= 4 is 142 Å². The summed E-state index contributed by atoms with van der Waals surface area (Å²) in [5.41, 5.74) is 14.5. The maximum absolute atomic E-state index is 13.3. The number of benzene rings is 7. The van der Waals surface area contributed by atoms with Gasteiger partial charge in [-0.3, -0.25) is 0 Å². The molecule has 0 aliphatic rings. The van der Waals surface area contributed by atoms with E-state index in [-0.39, 0.29) is 43.5 Å². The van der Waals surface area contributed by atoms with Crippen LogP contribution in [0.3, 0.4) is 0 Å². The van der Waals surface area contributed by atoms with Crippen LogP contribution in [0.1, 0.15) is 128 Å². The van der Waals surface area contributed by atoms with Gasteiger partial charge in [0.05, 0.1) is 160 Å². The average Bonchev–Trinajstić information content (AvgIpc) is 0.854. The van der Waals surface area contributed by atoms with Gasteiger partial charge in [-0.15, -0.1) is 0 Å². The molecule has 0 aromatic heterocycles. The number of ether oxygens (including phenoxy) is 7. The molecule has 0 bridgehead atoms. The SMILES string of the molecule is Cc1cc(C)c(N)c(C(=O)OCCS(=O)(=O)[O-])c1.Cc1cc(C)cc(C(=O)OCCS(=O)(=O)[O-])c1.Cc1ccc(C(=O)OCCS(=O)(=O)[O-])c(Cl)c1.Cc1ccc(C)c(C(=O)OCCS(=O)(=O)[O-])c1.Cc1ccc(Cl)c(C(=O)OCCS(=O)(=O)[O-])c1.Cc1ccc(F)c(C(=O)OCCS(=O)(=O)[O-])c1.Cc1cccc(F)c1C(=O)OCCS(=O)(=O)[O-]. The zero-order valence-corrected chi connectivity index (χ0v) is 72.4. The third-order valence-corrected chi connectivity index (χ3v) is 19.5. The summed E-state index contributed by atoms with van der Waals surface area (Å²) in [6.07, 6.45) is 0. The number of halogens is 4. The fraction of sp³-hybridized carbons (Fsp3) is 0.329. The van der Waals surface area contributed by atoms with Gasteiger partial charge in [-0.25, -0.2) is 101 Å². The minimum absolute atomic E-state index is 0.139.